The van der Waals surface area contributed by atoms with E-state index in [0.717, 1.165) is 5.56 Å². The number of nitrogens with zero attached hydrogens (tertiary/aromatic N) is 2. The second kappa shape index (κ2) is 6.96. The molecule has 0 unspecified atom stereocenters. The van der Waals surface area contributed by atoms with Gasteiger partial charge in [-0.05, 0) is 31.5 Å². The lowest BCUT2D eigenvalue weighted by atomic mass is 10.2. The number of benzene rings is 1. The summed E-state index contributed by atoms with van der Waals surface area (Å²) in [5.74, 6) is 0.601. The standard InChI is InChI=1S/C16H16ClN3O/c1-11(2)21-15-7-6-12(9-19-15)10-20-16-13(8-18)4-3-5-14(16)17/h3-7,9,11,20H,10H2,1-2H3. The molecule has 0 aliphatic rings. The Balaban J connectivity index is 2.05. The van der Waals surface area contributed by atoms with Gasteiger partial charge in [0.05, 0.1) is 22.4 Å². The highest BCUT2D eigenvalue weighted by Crippen LogP contribution is 2.26. The van der Waals surface area contributed by atoms with Crippen LogP contribution < -0.4 is 10.1 Å². The number of anilines is 1. The Labute approximate surface area is 129 Å². The predicted molar refractivity (Wildman–Crippen MR) is 83.5 cm³/mol. The number of nitrogens with one attached hydrogen (secondary N) is 1. The molecule has 0 aliphatic heterocycles. The Kier molecular flexibility index (Phi) is 5.02. The lowest BCUT2D eigenvalue weighted by Crippen LogP contribution is -2.07. The van der Waals surface area contributed by atoms with Gasteiger partial charge in [0.15, 0.2) is 0 Å². The van der Waals surface area contributed by atoms with E-state index >= 15 is 0 Å². The highest BCUT2D eigenvalue weighted by molar-refractivity contribution is 6.33. The van der Waals surface area contributed by atoms with E-state index < -0.39 is 0 Å². The molecule has 4 nitrogen and oxygen atoms in total. The van der Waals surface area contributed by atoms with E-state index in [0.29, 0.717) is 28.7 Å². The molecule has 0 atom stereocenters. The minimum Gasteiger partial charge on any atom is -0.475 e. The average Bonchev–Trinajstić information content (AvgIpc) is 2.46. The molecule has 0 amide bonds. The molecular weight excluding hydrogens is 286 g/mol. The van der Waals surface area contributed by atoms with Crippen LogP contribution in [0.1, 0.15) is 25.0 Å². The van der Waals surface area contributed by atoms with Crippen molar-refractivity contribution in [2.75, 3.05) is 5.32 Å². The fourth-order valence-electron chi connectivity index (χ4n) is 1.81. The van der Waals surface area contributed by atoms with E-state index in [-0.39, 0.29) is 6.10 Å². The fourth-order valence-corrected chi connectivity index (χ4v) is 2.06. The molecule has 2 aromatic rings. The van der Waals surface area contributed by atoms with Crippen molar-refractivity contribution >= 4 is 17.3 Å². The first-order valence-corrected chi connectivity index (χ1v) is 7.02. The van der Waals surface area contributed by atoms with Gasteiger partial charge in [0.2, 0.25) is 5.88 Å². The molecule has 1 aromatic heterocycles. The van der Waals surface area contributed by atoms with Crippen LogP contribution in [0.5, 0.6) is 5.88 Å². The van der Waals surface area contributed by atoms with Gasteiger partial charge in [0.25, 0.3) is 0 Å². The van der Waals surface area contributed by atoms with Gasteiger partial charge >= 0.3 is 0 Å². The predicted octanol–water partition coefficient (Wildman–Crippen LogP) is 4.01. The molecular formula is C16H16ClN3O. The summed E-state index contributed by atoms with van der Waals surface area (Å²) in [4.78, 5) is 4.24. The topological polar surface area (TPSA) is 57.9 Å². The van der Waals surface area contributed by atoms with Gasteiger partial charge < -0.3 is 10.1 Å². The third-order valence-electron chi connectivity index (χ3n) is 2.76. The van der Waals surface area contributed by atoms with Crippen LogP contribution in [-0.2, 0) is 6.54 Å². The summed E-state index contributed by atoms with van der Waals surface area (Å²) < 4.78 is 5.49. The minimum absolute atomic E-state index is 0.0998. The molecule has 0 spiro atoms. The van der Waals surface area contributed by atoms with E-state index in [4.69, 9.17) is 21.6 Å². The molecule has 2 rings (SSSR count). The van der Waals surface area contributed by atoms with Crippen molar-refractivity contribution < 1.29 is 4.74 Å². The lowest BCUT2D eigenvalue weighted by Gasteiger charge is -2.11. The van der Waals surface area contributed by atoms with E-state index in [1.165, 1.54) is 0 Å². The van der Waals surface area contributed by atoms with Gasteiger partial charge in [0.1, 0.15) is 6.07 Å². The molecule has 0 bridgehead atoms. The first kappa shape index (κ1) is 15.1. The number of pyridine rings is 1. The van der Waals surface area contributed by atoms with Crippen LogP contribution in [0.3, 0.4) is 0 Å². The third-order valence-corrected chi connectivity index (χ3v) is 3.07. The summed E-state index contributed by atoms with van der Waals surface area (Å²) in [6.07, 6.45) is 1.84. The molecule has 0 radical (unpaired) electrons. The van der Waals surface area contributed by atoms with Crippen LogP contribution >= 0.6 is 11.6 Å². The van der Waals surface area contributed by atoms with E-state index in [2.05, 4.69) is 16.4 Å². The van der Waals surface area contributed by atoms with E-state index in [1.54, 1.807) is 24.4 Å². The molecule has 108 valence electrons. The van der Waals surface area contributed by atoms with Crippen molar-refractivity contribution in [2.24, 2.45) is 0 Å². The number of ether oxygens (including phenoxy) is 1. The molecule has 0 aliphatic carbocycles. The van der Waals surface area contributed by atoms with Gasteiger partial charge in [-0.3, -0.25) is 0 Å². The second-order valence-electron chi connectivity index (χ2n) is 4.80. The third kappa shape index (κ3) is 4.11. The molecule has 0 saturated heterocycles. The summed E-state index contributed by atoms with van der Waals surface area (Å²) in [6.45, 7) is 4.45. The first-order chi connectivity index (χ1) is 10.1. The SMILES string of the molecule is CC(C)Oc1ccc(CNc2c(Cl)cccc2C#N)cn1. The minimum atomic E-state index is 0.0998. The molecule has 1 aromatic carbocycles. The zero-order valence-electron chi connectivity index (χ0n) is 11.9. The van der Waals surface area contributed by atoms with Crippen molar-refractivity contribution in [1.29, 1.82) is 5.26 Å². The van der Waals surface area contributed by atoms with Crippen LogP contribution in [0.2, 0.25) is 5.02 Å². The summed E-state index contributed by atoms with van der Waals surface area (Å²) >= 11 is 6.11. The molecule has 21 heavy (non-hydrogen) atoms. The zero-order valence-corrected chi connectivity index (χ0v) is 12.7. The number of halogens is 1. The Bertz CT molecular complexity index is 648. The first-order valence-electron chi connectivity index (χ1n) is 6.64. The summed E-state index contributed by atoms with van der Waals surface area (Å²) in [7, 11) is 0. The Morgan fingerprint density at radius 3 is 2.76 bits per heavy atom. The number of para-hydroxylation sites is 1. The molecule has 1 heterocycles. The smallest absolute Gasteiger partial charge is 0.213 e. The van der Waals surface area contributed by atoms with Gasteiger partial charge in [-0.1, -0.05) is 23.7 Å². The number of rotatable bonds is 5. The Morgan fingerprint density at radius 1 is 1.33 bits per heavy atom. The molecule has 0 saturated carbocycles. The van der Waals surface area contributed by atoms with Gasteiger partial charge in [-0.25, -0.2) is 4.98 Å². The Hall–Kier alpha value is -2.25. The highest BCUT2D eigenvalue weighted by Gasteiger charge is 2.06. The average molecular weight is 302 g/mol. The monoisotopic (exact) mass is 301 g/mol. The van der Waals surface area contributed by atoms with Crippen molar-refractivity contribution in [2.45, 2.75) is 26.5 Å². The van der Waals surface area contributed by atoms with Crippen molar-refractivity contribution in [3.8, 4) is 11.9 Å². The number of aromatic nitrogens is 1. The summed E-state index contributed by atoms with van der Waals surface area (Å²) in [5, 5.41) is 12.8. The van der Waals surface area contributed by atoms with Crippen LogP contribution in [0.4, 0.5) is 5.69 Å². The van der Waals surface area contributed by atoms with Crippen molar-refractivity contribution in [3.05, 3.63) is 52.7 Å². The van der Waals surface area contributed by atoms with E-state index in [1.807, 2.05) is 26.0 Å². The van der Waals surface area contributed by atoms with Crippen LogP contribution in [0.25, 0.3) is 0 Å². The molecule has 0 fully saturated rings. The molecule has 5 heteroatoms. The maximum Gasteiger partial charge on any atom is 0.213 e. The van der Waals surface area contributed by atoms with Crippen LogP contribution in [-0.4, -0.2) is 11.1 Å². The van der Waals surface area contributed by atoms with Crippen LogP contribution in [0, 0.1) is 11.3 Å². The number of nitriles is 1. The molecule has 1 N–H and O–H groups in total. The van der Waals surface area contributed by atoms with Gasteiger partial charge in [0, 0.05) is 18.8 Å². The number of hydrogen-bond acceptors (Lipinski definition) is 4. The fraction of sp³-hybridized carbons (Fsp3) is 0.250. The lowest BCUT2D eigenvalue weighted by molar-refractivity contribution is 0.232. The van der Waals surface area contributed by atoms with Crippen molar-refractivity contribution in [1.82, 2.24) is 4.98 Å². The van der Waals surface area contributed by atoms with Crippen LogP contribution in [0.15, 0.2) is 36.5 Å². The van der Waals surface area contributed by atoms with Gasteiger partial charge in [-0.15, -0.1) is 0 Å². The number of hydrogen-bond donors (Lipinski definition) is 1. The second-order valence-corrected chi connectivity index (χ2v) is 5.21. The highest BCUT2D eigenvalue weighted by atomic mass is 35.5. The normalized spacial score (nSPS) is 10.2. The maximum absolute atomic E-state index is 9.08. The van der Waals surface area contributed by atoms with E-state index in [9.17, 15) is 0 Å². The van der Waals surface area contributed by atoms with Crippen molar-refractivity contribution in [3.63, 3.8) is 0 Å². The largest absolute Gasteiger partial charge is 0.475 e. The summed E-state index contributed by atoms with van der Waals surface area (Å²) in [6, 6.07) is 11.1. The summed E-state index contributed by atoms with van der Waals surface area (Å²) in [5.41, 5.74) is 2.15. The van der Waals surface area contributed by atoms with Gasteiger partial charge in [-0.2, -0.15) is 5.26 Å². The Morgan fingerprint density at radius 2 is 2.14 bits per heavy atom. The zero-order chi connectivity index (χ0) is 15.2. The maximum atomic E-state index is 9.08. The quantitative estimate of drug-likeness (QED) is 0.906.